The maximum atomic E-state index is 9.49. The number of fused-ring (bicyclic) bond motifs is 1. The quantitative estimate of drug-likeness (QED) is 0.913. The number of nitriles is 1. The predicted molar refractivity (Wildman–Crippen MR) is 79.8 cm³/mol. The van der Waals surface area contributed by atoms with E-state index in [4.69, 9.17) is 10.5 Å². The molecule has 0 saturated carbocycles. The number of hydrogen-bond acceptors (Lipinski definition) is 5. The lowest BCUT2D eigenvalue weighted by Crippen LogP contribution is -2.12. The van der Waals surface area contributed by atoms with Gasteiger partial charge in [-0.1, -0.05) is 0 Å². The first-order valence-electron chi connectivity index (χ1n) is 6.97. The summed E-state index contributed by atoms with van der Waals surface area (Å²) in [7, 11) is 1.58. The number of nitrogens with zero attached hydrogens (tertiary/aromatic N) is 3. The van der Waals surface area contributed by atoms with Crippen molar-refractivity contribution >= 4 is 5.82 Å². The zero-order valence-corrected chi connectivity index (χ0v) is 11.9. The van der Waals surface area contributed by atoms with Gasteiger partial charge in [0.05, 0.1) is 7.11 Å². The van der Waals surface area contributed by atoms with E-state index in [0.29, 0.717) is 17.3 Å². The number of pyridine rings is 2. The normalized spacial score (nSPS) is 13.3. The third-order valence-electron chi connectivity index (χ3n) is 3.85. The highest BCUT2D eigenvalue weighted by molar-refractivity contribution is 5.81. The van der Waals surface area contributed by atoms with Gasteiger partial charge in [-0.3, -0.25) is 0 Å². The third kappa shape index (κ3) is 2.19. The minimum Gasteiger partial charge on any atom is -0.481 e. The van der Waals surface area contributed by atoms with E-state index in [1.54, 1.807) is 13.3 Å². The van der Waals surface area contributed by atoms with Crippen molar-refractivity contribution in [3.05, 3.63) is 35.2 Å². The van der Waals surface area contributed by atoms with E-state index in [-0.39, 0.29) is 0 Å². The average molecular weight is 280 g/mol. The van der Waals surface area contributed by atoms with Gasteiger partial charge in [0, 0.05) is 23.0 Å². The first-order chi connectivity index (χ1) is 10.3. The fraction of sp³-hybridized carbons (Fsp3) is 0.312. The van der Waals surface area contributed by atoms with Gasteiger partial charge in [0.1, 0.15) is 17.5 Å². The maximum absolute atomic E-state index is 9.49. The first kappa shape index (κ1) is 13.4. The van der Waals surface area contributed by atoms with E-state index in [0.717, 1.165) is 48.1 Å². The monoisotopic (exact) mass is 280 g/mol. The highest BCUT2D eigenvalue weighted by Crippen LogP contribution is 2.38. The highest BCUT2D eigenvalue weighted by atomic mass is 16.5. The first-order valence-corrected chi connectivity index (χ1v) is 6.97. The van der Waals surface area contributed by atoms with Crippen molar-refractivity contribution in [2.45, 2.75) is 25.7 Å². The Kier molecular flexibility index (Phi) is 3.44. The van der Waals surface area contributed by atoms with E-state index >= 15 is 0 Å². The molecule has 2 heterocycles. The smallest absolute Gasteiger partial charge is 0.221 e. The number of hydrogen-bond donors (Lipinski definition) is 1. The Balaban J connectivity index is 2.35. The van der Waals surface area contributed by atoms with E-state index in [2.05, 4.69) is 16.0 Å². The Bertz CT molecular complexity index is 734. The predicted octanol–water partition coefficient (Wildman–Crippen LogP) is 2.48. The minimum atomic E-state index is 0.291. The number of anilines is 1. The van der Waals surface area contributed by atoms with Crippen molar-refractivity contribution in [3.8, 4) is 23.1 Å². The van der Waals surface area contributed by atoms with Crippen LogP contribution < -0.4 is 10.5 Å². The summed E-state index contributed by atoms with van der Waals surface area (Å²) in [4.78, 5) is 8.65. The molecule has 0 fully saturated rings. The number of nitrogens with two attached hydrogens (primary N) is 1. The van der Waals surface area contributed by atoms with Crippen LogP contribution in [0.5, 0.6) is 5.88 Å². The molecule has 0 radical (unpaired) electrons. The van der Waals surface area contributed by atoms with Crippen LogP contribution in [0, 0.1) is 11.3 Å². The second kappa shape index (κ2) is 5.41. The molecule has 0 unspecified atom stereocenters. The van der Waals surface area contributed by atoms with Gasteiger partial charge in [0.2, 0.25) is 5.88 Å². The van der Waals surface area contributed by atoms with Gasteiger partial charge in [0.15, 0.2) is 0 Å². The molecule has 1 aliphatic rings. The van der Waals surface area contributed by atoms with Gasteiger partial charge in [-0.2, -0.15) is 5.26 Å². The van der Waals surface area contributed by atoms with Crippen molar-refractivity contribution in [1.29, 1.82) is 5.26 Å². The SMILES string of the molecule is COc1ncccc1-c1c(C#N)c(N)nc2c1CCCC2. The Hall–Kier alpha value is -2.61. The van der Waals surface area contributed by atoms with Gasteiger partial charge >= 0.3 is 0 Å². The van der Waals surface area contributed by atoms with Crippen molar-refractivity contribution in [2.24, 2.45) is 0 Å². The van der Waals surface area contributed by atoms with Crippen LogP contribution in [0.4, 0.5) is 5.82 Å². The molecule has 3 rings (SSSR count). The number of aryl methyl sites for hydroxylation is 1. The summed E-state index contributed by atoms with van der Waals surface area (Å²) in [5.74, 6) is 0.798. The lowest BCUT2D eigenvalue weighted by Gasteiger charge is -2.21. The van der Waals surface area contributed by atoms with Gasteiger partial charge < -0.3 is 10.5 Å². The third-order valence-corrected chi connectivity index (χ3v) is 3.85. The van der Waals surface area contributed by atoms with Crippen molar-refractivity contribution in [2.75, 3.05) is 12.8 Å². The van der Waals surface area contributed by atoms with Crippen LogP contribution in [0.2, 0.25) is 0 Å². The zero-order valence-electron chi connectivity index (χ0n) is 11.9. The molecule has 5 nitrogen and oxygen atoms in total. The van der Waals surface area contributed by atoms with Crippen LogP contribution in [0.25, 0.3) is 11.1 Å². The number of rotatable bonds is 2. The second-order valence-corrected chi connectivity index (χ2v) is 5.05. The topological polar surface area (TPSA) is 84.8 Å². The lowest BCUT2D eigenvalue weighted by molar-refractivity contribution is 0.399. The van der Waals surface area contributed by atoms with Crippen molar-refractivity contribution < 1.29 is 4.74 Å². The number of ether oxygens (including phenoxy) is 1. The van der Waals surface area contributed by atoms with Gasteiger partial charge in [-0.15, -0.1) is 0 Å². The van der Waals surface area contributed by atoms with E-state index < -0.39 is 0 Å². The molecular formula is C16H16N4O. The molecule has 0 saturated heterocycles. The van der Waals surface area contributed by atoms with E-state index in [1.165, 1.54) is 0 Å². The minimum absolute atomic E-state index is 0.291. The highest BCUT2D eigenvalue weighted by Gasteiger charge is 2.24. The Labute approximate surface area is 123 Å². The van der Waals surface area contributed by atoms with E-state index in [1.807, 2.05) is 12.1 Å². The van der Waals surface area contributed by atoms with Crippen LogP contribution in [0.3, 0.4) is 0 Å². The summed E-state index contributed by atoms with van der Waals surface area (Å²) in [5, 5.41) is 9.49. The molecular weight excluding hydrogens is 264 g/mol. The summed E-state index contributed by atoms with van der Waals surface area (Å²) in [6.45, 7) is 0. The zero-order chi connectivity index (χ0) is 14.8. The molecule has 2 aromatic heterocycles. The molecule has 1 aliphatic carbocycles. The number of aromatic nitrogens is 2. The van der Waals surface area contributed by atoms with Crippen LogP contribution in [-0.2, 0) is 12.8 Å². The molecule has 2 aromatic rings. The van der Waals surface area contributed by atoms with Crippen LogP contribution >= 0.6 is 0 Å². The van der Waals surface area contributed by atoms with Crippen molar-refractivity contribution in [3.63, 3.8) is 0 Å². The molecule has 0 aliphatic heterocycles. The summed E-state index contributed by atoms with van der Waals surface area (Å²) in [6, 6.07) is 5.94. The van der Waals surface area contributed by atoms with E-state index in [9.17, 15) is 5.26 Å². The van der Waals surface area contributed by atoms with Crippen LogP contribution in [-0.4, -0.2) is 17.1 Å². The molecule has 0 bridgehead atoms. The Morgan fingerprint density at radius 3 is 2.90 bits per heavy atom. The van der Waals surface area contributed by atoms with Gasteiger partial charge in [0.25, 0.3) is 0 Å². The van der Waals surface area contributed by atoms with Gasteiger partial charge in [-0.25, -0.2) is 9.97 Å². The molecule has 5 heteroatoms. The van der Waals surface area contributed by atoms with Crippen molar-refractivity contribution in [1.82, 2.24) is 9.97 Å². The number of nitrogen functional groups attached to an aromatic ring is 1. The molecule has 0 aromatic carbocycles. The molecule has 2 N–H and O–H groups in total. The fourth-order valence-corrected chi connectivity index (χ4v) is 2.92. The van der Waals surface area contributed by atoms with Crippen LogP contribution in [0.15, 0.2) is 18.3 Å². The summed E-state index contributed by atoms with van der Waals surface area (Å²) in [5.41, 5.74) is 10.2. The second-order valence-electron chi connectivity index (χ2n) is 5.05. The molecule has 0 amide bonds. The summed E-state index contributed by atoms with van der Waals surface area (Å²) >= 11 is 0. The Morgan fingerprint density at radius 1 is 1.33 bits per heavy atom. The average Bonchev–Trinajstić information content (AvgIpc) is 2.53. The molecule has 0 atom stereocenters. The summed E-state index contributed by atoms with van der Waals surface area (Å²) in [6.07, 6.45) is 5.69. The summed E-state index contributed by atoms with van der Waals surface area (Å²) < 4.78 is 5.35. The maximum Gasteiger partial charge on any atom is 0.221 e. The molecule has 0 spiro atoms. The number of methoxy groups -OCH3 is 1. The standard InChI is InChI=1S/C16H16N4O/c1-21-16-11(6-4-8-19-16)14-10-5-2-3-7-13(10)20-15(18)12(14)9-17/h4,6,8H,2-3,5,7H2,1H3,(H2,18,20). The largest absolute Gasteiger partial charge is 0.481 e. The van der Waals surface area contributed by atoms with Crippen LogP contribution in [0.1, 0.15) is 29.7 Å². The molecule has 106 valence electrons. The lowest BCUT2D eigenvalue weighted by atomic mass is 9.87. The molecule has 21 heavy (non-hydrogen) atoms. The fourth-order valence-electron chi connectivity index (χ4n) is 2.92. The Morgan fingerprint density at radius 2 is 2.14 bits per heavy atom. The van der Waals surface area contributed by atoms with Gasteiger partial charge in [-0.05, 0) is 43.4 Å².